The Balaban J connectivity index is 2.02. The topological polar surface area (TPSA) is 105 Å². The summed E-state index contributed by atoms with van der Waals surface area (Å²) in [7, 11) is 1.61. The van der Waals surface area contributed by atoms with Gasteiger partial charge in [-0.2, -0.15) is 4.98 Å². The molecule has 3 aromatic heterocycles. The number of fused-ring (bicyclic) bond motifs is 1. The Morgan fingerprint density at radius 1 is 1.38 bits per heavy atom. The second kappa shape index (κ2) is 5.24. The summed E-state index contributed by atoms with van der Waals surface area (Å²) in [5, 5.41) is 8.13. The highest BCUT2D eigenvalue weighted by molar-refractivity contribution is 9.10. The lowest BCUT2D eigenvalue weighted by Gasteiger charge is -2.07. The molecule has 0 aliphatic carbocycles. The van der Waals surface area contributed by atoms with Crippen LogP contribution in [0.4, 0.5) is 5.95 Å². The summed E-state index contributed by atoms with van der Waals surface area (Å²) in [5.41, 5.74) is 8.55. The van der Waals surface area contributed by atoms with E-state index in [0.717, 1.165) is 17.0 Å². The van der Waals surface area contributed by atoms with Crippen molar-refractivity contribution < 1.29 is 4.74 Å². The van der Waals surface area contributed by atoms with Gasteiger partial charge in [-0.1, -0.05) is 5.21 Å². The molecule has 0 bridgehead atoms. The Morgan fingerprint density at radius 3 is 2.95 bits per heavy atom. The normalized spacial score (nSPS) is 11.0. The highest BCUT2D eigenvalue weighted by Gasteiger charge is 2.13. The minimum Gasteiger partial charge on any atom is -0.495 e. The van der Waals surface area contributed by atoms with Crippen molar-refractivity contribution >= 4 is 33.0 Å². The number of hydrogen-bond acceptors (Lipinski definition) is 7. The van der Waals surface area contributed by atoms with Gasteiger partial charge in [0.1, 0.15) is 10.4 Å². The fourth-order valence-corrected chi connectivity index (χ4v) is 2.40. The average molecular weight is 350 g/mol. The maximum absolute atomic E-state index is 5.66. The Labute approximate surface area is 128 Å². The van der Waals surface area contributed by atoms with E-state index in [1.54, 1.807) is 18.0 Å². The number of anilines is 1. The van der Waals surface area contributed by atoms with Crippen LogP contribution >= 0.6 is 15.9 Å². The molecule has 2 N–H and O–H groups in total. The van der Waals surface area contributed by atoms with Crippen LogP contribution in [-0.2, 0) is 6.54 Å². The number of nitrogen functional groups attached to an aromatic ring is 1. The molecule has 0 radical (unpaired) electrons. The third-order valence-electron chi connectivity index (χ3n) is 2.99. The standard InChI is InChI=1S/C12H12BrN7O/c1-6-8(21-2)3-7(4-15-6)5-20-11-9(18-19-20)10(13)16-12(14)17-11/h3-4H,5H2,1-2H3,(H2,14,16,17). The molecule has 0 fully saturated rings. The summed E-state index contributed by atoms with van der Waals surface area (Å²) in [5.74, 6) is 0.893. The number of methoxy groups -OCH3 is 1. The van der Waals surface area contributed by atoms with Crippen molar-refractivity contribution in [3.8, 4) is 5.75 Å². The first-order valence-electron chi connectivity index (χ1n) is 6.10. The Hall–Kier alpha value is -2.29. The van der Waals surface area contributed by atoms with E-state index in [1.807, 2.05) is 13.0 Å². The van der Waals surface area contributed by atoms with Crippen LogP contribution in [0.3, 0.4) is 0 Å². The first-order chi connectivity index (χ1) is 10.1. The van der Waals surface area contributed by atoms with Gasteiger partial charge in [0.2, 0.25) is 5.95 Å². The van der Waals surface area contributed by atoms with E-state index >= 15 is 0 Å². The number of nitrogens with zero attached hydrogens (tertiary/aromatic N) is 6. The van der Waals surface area contributed by atoms with E-state index in [0.29, 0.717) is 22.3 Å². The van der Waals surface area contributed by atoms with Gasteiger partial charge in [0.25, 0.3) is 0 Å². The van der Waals surface area contributed by atoms with E-state index in [4.69, 9.17) is 10.5 Å². The minimum absolute atomic E-state index is 0.164. The molecule has 3 aromatic rings. The molecule has 3 rings (SSSR count). The van der Waals surface area contributed by atoms with Crippen LogP contribution in [-0.4, -0.2) is 37.1 Å². The van der Waals surface area contributed by atoms with Gasteiger partial charge >= 0.3 is 0 Å². The maximum atomic E-state index is 5.66. The number of rotatable bonds is 3. The molecule has 0 saturated heterocycles. The zero-order chi connectivity index (χ0) is 15.0. The largest absolute Gasteiger partial charge is 0.495 e. The number of pyridine rings is 1. The molecule has 0 atom stereocenters. The van der Waals surface area contributed by atoms with Crippen molar-refractivity contribution in [2.45, 2.75) is 13.5 Å². The summed E-state index contributed by atoms with van der Waals surface area (Å²) in [4.78, 5) is 12.5. The van der Waals surface area contributed by atoms with Crippen molar-refractivity contribution in [2.24, 2.45) is 0 Å². The maximum Gasteiger partial charge on any atom is 0.223 e. The molecule has 3 heterocycles. The second-order valence-corrected chi connectivity index (χ2v) is 5.17. The molecule has 0 aromatic carbocycles. The zero-order valence-corrected chi connectivity index (χ0v) is 13.0. The van der Waals surface area contributed by atoms with Gasteiger partial charge in [0.15, 0.2) is 11.2 Å². The van der Waals surface area contributed by atoms with Crippen LogP contribution in [0.1, 0.15) is 11.3 Å². The first-order valence-corrected chi connectivity index (χ1v) is 6.89. The van der Waals surface area contributed by atoms with E-state index in [-0.39, 0.29) is 5.95 Å². The molecule has 8 nitrogen and oxygen atoms in total. The van der Waals surface area contributed by atoms with Gasteiger partial charge < -0.3 is 10.5 Å². The van der Waals surface area contributed by atoms with E-state index < -0.39 is 0 Å². The summed E-state index contributed by atoms with van der Waals surface area (Å²) in [6.45, 7) is 2.35. The molecular formula is C12H12BrN7O. The van der Waals surface area contributed by atoms with Gasteiger partial charge in [0, 0.05) is 6.20 Å². The molecule has 108 valence electrons. The molecule has 0 saturated carbocycles. The van der Waals surface area contributed by atoms with Gasteiger partial charge in [-0.25, -0.2) is 9.67 Å². The summed E-state index contributed by atoms with van der Waals surface area (Å²) in [6, 6.07) is 1.91. The highest BCUT2D eigenvalue weighted by Crippen LogP contribution is 2.21. The van der Waals surface area contributed by atoms with Crippen molar-refractivity contribution in [3.05, 3.63) is 28.1 Å². The third kappa shape index (κ3) is 2.51. The number of halogens is 1. The van der Waals surface area contributed by atoms with E-state index in [2.05, 4.69) is 41.2 Å². The number of nitrogens with two attached hydrogens (primary N) is 1. The smallest absolute Gasteiger partial charge is 0.223 e. The van der Waals surface area contributed by atoms with Gasteiger partial charge in [-0.3, -0.25) is 4.98 Å². The van der Waals surface area contributed by atoms with Crippen molar-refractivity contribution in [1.82, 2.24) is 29.9 Å². The van der Waals surface area contributed by atoms with Crippen molar-refractivity contribution in [2.75, 3.05) is 12.8 Å². The molecule has 21 heavy (non-hydrogen) atoms. The van der Waals surface area contributed by atoms with Crippen LogP contribution in [0.25, 0.3) is 11.2 Å². The van der Waals surface area contributed by atoms with Crippen LogP contribution in [0.5, 0.6) is 5.75 Å². The quantitative estimate of drug-likeness (QED) is 0.711. The molecule has 0 unspecified atom stereocenters. The molecule has 0 aliphatic rings. The number of aromatic nitrogens is 6. The SMILES string of the molecule is COc1cc(Cn2nnc3c(Br)nc(N)nc32)cnc1C. The Bertz CT molecular complexity index is 817. The van der Waals surface area contributed by atoms with Crippen molar-refractivity contribution in [3.63, 3.8) is 0 Å². The van der Waals surface area contributed by atoms with E-state index in [9.17, 15) is 0 Å². The zero-order valence-electron chi connectivity index (χ0n) is 11.4. The van der Waals surface area contributed by atoms with Gasteiger partial charge in [-0.05, 0) is 34.5 Å². The van der Waals surface area contributed by atoms with Crippen LogP contribution in [0, 0.1) is 6.92 Å². The summed E-state index contributed by atoms with van der Waals surface area (Å²) >= 11 is 3.30. The fraction of sp³-hybridized carbons (Fsp3) is 0.250. The monoisotopic (exact) mass is 349 g/mol. The summed E-state index contributed by atoms with van der Waals surface area (Å²) in [6.07, 6.45) is 1.77. The highest BCUT2D eigenvalue weighted by atomic mass is 79.9. The molecule has 0 aliphatic heterocycles. The van der Waals surface area contributed by atoms with Gasteiger partial charge in [-0.15, -0.1) is 5.10 Å². The van der Waals surface area contributed by atoms with Crippen LogP contribution in [0.2, 0.25) is 0 Å². The molecule has 0 spiro atoms. The lowest BCUT2D eigenvalue weighted by Crippen LogP contribution is -2.05. The van der Waals surface area contributed by atoms with Crippen molar-refractivity contribution in [1.29, 1.82) is 0 Å². The summed E-state index contributed by atoms with van der Waals surface area (Å²) < 4.78 is 7.44. The molecular weight excluding hydrogens is 338 g/mol. The molecule has 0 amide bonds. The fourth-order valence-electron chi connectivity index (χ4n) is 1.97. The third-order valence-corrected chi connectivity index (χ3v) is 3.54. The number of ether oxygens (including phenoxy) is 1. The average Bonchev–Trinajstić information content (AvgIpc) is 2.84. The first kappa shape index (κ1) is 13.7. The lowest BCUT2D eigenvalue weighted by molar-refractivity contribution is 0.408. The number of aryl methyl sites for hydroxylation is 1. The number of hydrogen-bond donors (Lipinski definition) is 1. The van der Waals surface area contributed by atoms with Crippen LogP contribution in [0.15, 0.2) is 16.9 Å². The minimum atomic E-state index is 0.164. The van der Waals surface area contributed by atoms with Gasteiger partial charge in [0.05, 0.1) is 19.3 Å². The Morgan fingerprint density at radius 2 is 2.19 bits per heavy atom. The lowest BCUT2D eigenvalue weighted by atomic mass is 10.2. The Kier molecular flexibility index (Phi) is 3.42. The van der Waals surface area contributed by atoms with E-state index in [1.165, 1.54) is 0 Å². The predicted molar refractivity (Wildman–Crippen MR) is 79.9 cm³/mol. The van der Waals surface area contributed by atoms with Crippen LogP contribution < -0.4 is 10.5 Å². The predicted octanol–water partition coefficient (Wildman–Crippen LogP) is 1.33. The molecule has 9 heteroatoms. The second-order valence-electron chi connectivity index (χ2n) is 4.42.